The molecule has 0 saturated carbocycles. The van der Waals surface area contributed by atoms with Crippen molar-refractivity contribution in [3.63, 3.8) is 0 Å². The van der Waals surface area contributed by atoms with Gasteiger partial charge in [-0.1, -0.05) is 6.07 Å². The van der Waals surface area contributed by atoms with Gasteiger partial charge >= 0.3 is 0 Å². The summed E-state index contributed by atoms with van der Waals surface area (Å²) in [5.41, 5.74) is 2.51. The molecule has 6 nitrogen and oxygen atoms in total. The maximum Gasteiger partial charge on any atom is 0.243 e. The molecular formula is C20H32N4O2S2. The van der Waals surface area contributed by atoms with Gasteiger partial charge in [0, 0.05) is 32.7 Å². The third kappa shape index (κ3) is 5.23. The summed E-state index contributed by atoms with van der Waals surface area (Å²) < 4.78 is 27.8. The van der Waals surface area contributed by atoms with Crippen molar-refractivity contribution in [2.75, 3.05) is 53.4 Å². The van der Waals surface area contributed by atoms with Gasteiger partial charge in [0.2, 0.25) is 10.0 Å². The van der Waals surface area contributed by atoms with Crippen LogP contribution in [0.1, 0.15) is 30.4 Å². The summed E-state index contributed by atoms with van der Waals surface area (Å²) in [6.07, 6.45) is 5.42. The summed E-state index contributed by atoms with van der Waals surface area (Å²) in [5.74, 6) is 0. The number of aryl methyl sites for hydroxylation is 2. The van der Waals surface area contributed by atoms with Crippen LogP contribution in [-0.4, -0.2) is 81.0 Å². The van der Waals surface area contributed by atoms with E-state index in [1.54, 1.807) is 10.4 Å². The summed E-state index contributed by atoms with van der Waals surface area (Å²) >= 11 is 5.48. The van der Waals surface area contributed by atoms with Gasteiger partial charge in [-0.3, -0.25) is 0 Å². The first-order valence-electron chi connectivity index (χ1n) is 10.2. The van der Waals surface area contributed by atoms with Crippen molar-refractivity contribution < 1.29 is 8.42 Å². The van der Waals surface area contributed by atoms with E-state index in [-0.39, 0.29) is 0 Å². The van der Waals surface area contributed by atoms with Crippen molar-refractivity contribution in [2.45, 2.75) is 37.0 Å². The minimum atomic E-state index is -3.44. The van der Waals surface area contributed by atoms with Crippen molar-refractivity contribution in [3.8, 4) is 0 Å². The third-order valence-electron chi connectivity index (χ3n) is 5.54. The number of fused-ring (bicyclic) bond motifs is 1. The van der Waals surface area contributed by atoms with Gasteiger partial charge < -0.3 is 15.1 Å². The molecule has 1 aromatic rings. The average molecular weight is 425 g/mol. The van der Waals surface area contributed by atoms with Crippen LogP contribution in [0.4, 0.5) is 0 Å². The van der Waals surface area contributed by atoms with E-state index in [1.807, 2.05) is 12.1 Å². The van der Waals surface area contributed by atoms with Crippen molar-refractivity contribution in [3.05, 3.63) is 29.3 Å². The highest BCUT2D eigenvalue weighted by atomic mass is 32.2. The lowest BCUT2D eigenvalue weighted by atomic mass is 9.92. The van der Waals surface area contributed by atoms with Crippen molar-refractivity contribution in [1.29, 1.82) is 0 Å². The Balaban J connectivity index is 1.54. The molecule has 1 aromatic carbocycles. The zero-order valence-electron chi connectivity index (χ0n) is 17.0. The summed E-state index contributed by atoms with van der Waals surface area (Å²) in [4.78, 5) is 4.66. The quantitative estimate of drug-likeness (QED) is 0.554. The van der Waals surface area contributed by atoms with E-state index in [0.717, 1.165) is 43.9 Å². The minimum Gasteiger partial charge on any atom is -0.363 e. The lowest BCUT2D eigenvalue weighted by Gasteiger charge is -2.35. The highest BCUT2D eigenvalue weighted by molar-refractivity contribution is 7.89. The minimum absolute atomic E-state index is 0.436. The molecule has 0 spiro atoms. The topological polar surface area (TPSA) is 55.9 Å². The highest BCUT2D eigenvalue weighted by Crippen LogP contribution is 2.26. The van der Waals surface area contributed by atoms with Gasteiger partial charge in [-0.05, 0) is 88.2 Å². The van der Waals surface area contributed by atoms with E-state index < -0.39 is 10.0 Å². The summed E-state index contributed by atoms with van der Waals surface area (Å²) in [6, 6.07) is 5.68. The molecule has 0 unspecified atom stereocenters. The standard InChI is InChI=1S/C20H32N4O2S2/c1-22(2)11-5-10-21-20(27)23-12-14-24(15-13-23)28(25,26)19-9-8-17-6-3-4-7-18(17)16-19/h8-9,16H,3-7,10-15H2,1-2H3,(H,21,27). The number of rotatable bonds is 6. The summed E-state index contributed by atoms with van der Waals surface area (Å²) in [6.45, 7) is 4.05. The number of hydrogen-bond donors (Lipinski definition) is 1. The fourth-order valence-electron chi connectivity index (χ4n) is 3.85. The molecular weight excluding hydrogens is 392 g/mol. The molecule has 1 heterocycles. The van der Waals surface area contributed by atoms with Crippen LogP contribution in [0.5, 0.6) is 0 Å². The largest absolute Gasteiger partial charge is 0.363 e. The smallest absolute Gasteiger partial charge is 0.243 e. The van der Waals surface area contributed by atoms with Crippen LogP contribution in [0.3, 0.4) is 0 Å². The third-order valence-corrected chi connectivity index (χ3v) is 7.84. The van der Waals surface area contributed by atoms with Crippen molar-refractivity contribution >= 4 is 27.4 Å². The Morgan fingerprint density at radius 3 is 2.46 bits per heavy atom. The van der Waals surface area contributed by atoms with Crippen molar-refractivity contribution in [2.24, 2.45) is 0 Å². The van der Waals surface area contributed by atoms with Gasteiger partial charge in [0.1, 0.15) is 0 Å². The molecule has 1 aliphatic carbocycles. The van der Waals surface area contributed by atoms with Crippen LogP contribution < -0.4 is 5.32 Å². The van der Waals surface area contributed by atoms with Crippen LogP contribution in [0.15, 0.2) is 23.1 Å². The first-order valence-corrected chi connectivity index (χ1v) is 12.0. The van der Waals surface area contributed by atoms with Gasteiger partial charge in [-0.15, -0.1) is 0 Å². The second-order valence-electron chi connectivity index (χ2n) is 7.92. The fourth-order valence-corrected chi connectivity index (χ4v) is 5.61. The van der Waals surface area contributed by atoms with Gasteiger partial charge in [0.05, 0.1) is 4.90 Å². The van der Waals surface area contributed by atoms with Gasteiger partial charge in [0.15, 0.2) is 5.11 Å². The van der Waals surface area contributed by atoms with E-state index in [9.17, 15) is 8.42 Å². The first-order chi connectivity index (χ1) is 13.4. The zero-order chi connectivity index (χ0) is 20.1. The molecule has 3 rings (SSSR count). The average Bonchev–Trinajstić information content (AvgIpc) is 2.70. The molecule has 0 amide bonds. The molecule has 1 N–H and O–H groups in total. The van der Waals surface area contributed by atoms with Gasteiger partial charge in [-0.25, -0.2) is 8.42 Å². The van der Waals surface area contributed by atoms with Crippen LogP contribution in [0, 0.1) is 0 Å². The fraction of sp³-hybridized carbons (Fsp3) is 0.650. The van der Waals surface area contributed by atoms with E-state index in [1.165, 1.54) is 17.5 Å². The predicted octanol–water partition coefficient (Wildman–Crippen LogP) is 1.70. The van der Waals surface area contributed by atoms with E-state index >= 15 is 0 Å². The number of benzene rings is 1. The summed E-state index contributed by atoms with van der Waals surface area (Å²) in [7, 11) is 0.675. The highest BCUT2D eigenvalue weighted by Gasteiger charge is 2.29. The lowest BCUT2D eigenvalue weighted by molar-refractivity contribution is 0.263. The monoisotopic (exact) mass is 424 g/mol. The van der Waals surface area contributed by atoms with E-state index in [4.69, 9.17) is 12.2 Å². The molecule has 28 heavy (non-hydrogen) atoms. The van der Waals surface area contributed by atoms with Gasteiger partial charge in [0.25, 0.3) is 0 Å². The molecule has 0 radical (unpaired) electrons. The Kier molecular flexibility index (Phi) is 7.31. The Bertz CT molecular complexity index is 787. The van der Waals surface area contributed by atoms with Crippen molar-refractivity contribution in [1.82, 2.24) is 19.4 Å². The van der Waals surface area contributed by atoms with Gasteiger partial charge in [-0.2, -0.15) is 4.31 Å². The van der Waals surface area contributed by atoms with Crippen LogP contribution in [0.2, 0.25) is 0 Å². The number of piperazine rings is 1. The summed E-state index contributed by atoms with van der Waals surface area (Å²) in [5, 5.41) is 4.02. The number of nitrogens with one attached hydrogen (secondary N) is 1. The molecule has 1 fully saturated rings. The van der Waals surface area contributed by atoms with E-state index in [0.29, 0.717) is 31.1 Å². The van der Waals surface area contributed by atoms with Crippen LogP contribution in [0.25, 0.3) is 0 Å². The molecule has 2 aliphatic rings. The zero-order valence-corrected chi connectivity index (χ0v) is 18.6. The maximum atomic E-state index is 13.1. The number of nitrogens with zero attached hydrogens (tertiary/aromatic N) is 3. The normalized spacial score (nSPS) is 18.2. The number of sulfonamides is 1. The lowest BCUT2D eigenvalue weighted by Crippen LogP contribution is -2.53. The molecule has 8 heteroatoms. The Labute approximate surface area is 174 Å². The van der Waals surface area contributed by atoms with E-state index in [2.05, 4.69) is 29.2 Å². The SMILES string of the molecule is CN(C)CCCNC(=S)N1CCN(S(=O)(=O)c2ccc3c(c2)CCCC3)CC1. The Hall–Kier alpha value is -1.22. The maximum absolute atomic E-state index is 13.1. The second kappa shape index (κ2) is 9.52. The Morgan fingerprint density at radius 1 is 1.11 bits per heavy atom. The molecule has 1 saturated heterocycles. The first kappa shape index (κ1) is 21.5. The molecule has 0 aromatic heterocycles. The molecule has 0 bridgehead atoms. The second-order valence-corrected chi connectivity index (χ2v) is 10.2. The van der Waals surface area contributed by atoms with Crippen LogP contribution in [-0.2, 0) is 22.9 Å². The van der Waals surface area contributed by atoms with Crippen LogP contribution >= 0.6 is 12.2 Å². The number of hydrogen-bond acceptors (Lipinski definition) is 4. The number of thiocarbonyl (C=S) groups is 1. The predicted molar refractivity (Wildman–Crippen MR) is 117 cm³/mol. The molecule has 1 aliphatic heterocycles. The molecule has 156 valence electrons. The molecule has 0 atom stereocenters. The Morgan fingerprint density at radius 2 is 1.79 bits per heavy atom.